The number of ether oxygens (including phenoxy) is 1. The summed E-state index contributed by atoms with van der Waals surface area (Å²) in [5.74, 6) is -0.272. The molecule has 0 heterocycles. The molecule has 0 fully saturated rings. The molecule has 0 saturated carbocycles. The molecule has 0 rings (SSSR count). The summed E-state index contributed by atoms with van der Waals surface area (Å²) in [7, 11) is 0. The molecule has 0 amide bonds. The summed E-state index contributed by atoms with van der Waals surface area (Å²) < 4.78 is 4.60. The molecular weight excluding hydrogens is 200 g/mol. The smallest absolute Gasteiger partial charge is 0.306 e. The first kappa shape index (κ1) is 16.5. The summed E-state index contributed by atoms with van der Waals surface area (Å²) in [6.07, 6.45) is -0.0582. The van der Waals surface area contributed by atoms with Gasteiger partial charge in [0.2, 0.25) is 0 Å². The average molecular weight is 220 g/mol. The molecule has 0 aromatic heterocycles. The van der Waals surface area contributed by atoms with E-state index in [-0.39, 0.29) is 24.8 Å². The molecule has 0 saturated heterocycles. The van der Waals surface area contributed by atoms with Crippen LogP contribution in [-0.4, -0.2) is 41.3 Å². The fourth-order valence-electron chi connectivity index (χ4n) is 0.511. The fraction of sp³-hybridized carbons (Fsp3) is 0.800. The van der Waals surface area contributed by atoms with Crippen LogP contribution in [0.2, 0.25) is 0 Å². The second-order valence-electron chi connectivity index (χ2n) is 3.04. The highest BCUT2D eigenvalue weighted by Crippen LogP contribution is 1.92. The molecule has 0 aromatic rings. The number of Topliss-reactive ketones (excluding diaryl/α,β-unsaturated/α-hetero) is 1. The van der Waals surface area contributed by atoms with Crippen LogP contribution in [0, 0.1) is 0 Å². The van der Waals surface area contributed by atoms with Crippen LogP contribution >= 0.6 is 0 Å². The van der Waals surface area contributed by atoms with Gasteiger partial charge in [-0.15, -0.1) is 0 Å². The van der Waals surface area contributed by atoms with Crippen molar-refractivity contribution in [3.8, 4) is 0 Å². The van der Waals surface area contributed by atoms with Crippen molar-refractivity contribution < 1.29 is 24.5 Å². The van der Waals surface area contributed by atoms with Crippen LogP contribution in [0.4, 0.5) is 0 Å². The largest absolute Gasteiger partial charge is 0.466 e. The van der Waals surface area contributed by atoms with E-state index in [2.05, 4.69) is 4.74 Å². The highest BCUT2D eigenvalue weighted by molar-refractivity contribution is 5.80. The Morgan fingerprint density at radius 2 is 1.80 bits per heavy atom. The lowest BCUT2D eigenvalue weighted by Gasteiger charge is -1.97. The number of aliphatic hydroxyl groups excluding tert-OH is 2. The van der Waals surface area contributed by atoms with Crippen LogP contribution in [0.15, 0.2) is 0 Å². The number of esters is 1. The standard InChI is InChI=1S/C7H12O3.C3H8O2/c1-3-10-7(9)5-4-6(2)8;1-3(5)2-4/h3-5H2,1-2H3;3-5H,2H2,1H3. The van der Waals surface area contributed by atoms with Crippen molar-refractivity contribution in [2.24, 2.45) is 0 Å². The summed E-state index contributed by atoms with van der Waals surface area (Å²) in [6.45, 7) is 4.97. The third-order valence-corrected chi connectivity index (χ3v) is 1.25. The van der Waals surface area contributed by atoms with Crippen molar-refractivity contribution in [3.05, 3.63) is 0 Å². The zero-order valence-electron chi connectivity index (χ0n) is 9.52. The molecule has 0 aliphatic rings. The third kappa shape index (κ3) is 19.5. The second kappa shape index (κ2) is 11.1. The van der Waals surface area contributed by atoms with Gasteiger partial charge in [-0.1, -0.05) is 0 Å². The zero-order chi connectivity index (χ0) is 12.3. The molecule has 5 heteroatoms. The molecule has 5 nitrogen and oxygen atoms in total. The van der Waals surface area contributed by atoms with Crippen molar-refractivity contribution in [3.63, 3.8) is 0 Å². The van der Waals surface area contributed by atoms with Gasteiger partial charge < -0.3 is 19.7 Å². The van der Waals surface area contributed by atoms with E-state index in [1.54, 1.807) is 6.92 Å². The summed E-state index contributed by atoms with van der Waals surface area (Å²) in [5, 5.41) is 16.0. The minimum absolute atomic E-state index is 0.0213. The van der Waals surface area contributed by atoms with Crippen LogP contribution in [0.1, 0.15) is 33.6 Å². The Kier molecular flexibility index (Phi) is 12.2. The second-order valence-corrected chi connectivity index (χ2v) is 3.04. The Morgan fingerprint density at radius 1 is 1.33 bits per heavy atom. The topological polar surface area (TPSA) is 83.8 Å². The highest BCUT2D eigenvalue weighted by atomic mass is 16.5. The van der Waals surface area contributed by atoms with Gasteiger partial charge in [-0.2, -0.15) is 0 Å². The van der Waals surface area contributed by atoms with E-state index >= 15 is 0 Å². The van der Waals surface area contributed by atoms with Crippen LogP contribution in [-0.2, 0) is 14.3 Å². The molecule has 0 aliphatic carbocycles. The maximum atomic E-state index is 10.6. The lowest BCUT2D eigenvalue weighted by atomic mass is 10.2. The van der Waals surface area contributed by atoms with Gasteiger partial charge in [0, 0.05) is 6.42 Å². The van der Waals surface area contributed by atoms with Crippen molar-refractivity contribution >= 4 is 11.8 Å². The van der Waals surface area contributed by atoms with E-state index in [0.717, 1.165) is 0 Å². The van der Waals surface area contributed by atoms with E-state index in [4.69, 9.17) is 10.2 Å². The molecule has 0 radical (unpaired) electrons. The van der Waals surface area contributed by atoms with E-state index in [1.807, 2.05) is 0 Å². The van der Waals surface area contributed by atoms with E-state index in [0.29, 0.717) is 13.0 Å². The van der Waals surface area contributed by atoms with E-state index in [9.17, 15) is 9.59 Å². The monoisotopic (exact) mass is 220 g/mol. The molecule has 0 spiro atoms. The van der Waals surface area contributed by atoms with Crippen LogP contribution < -0.4 is 0 Å². The Labute approximate surface area is 90.1 Å². The summed E-state index contributed by atoms with van der Waals surface area (Å²) >= 11 is 0. The number of aliphatic hydroxyl groups is 2. The third-order valence-electron chi connectivity index (χ3n) is 1.25. The van der Waals surface area contributed by atoms with Gasteiger partial charge in [0.15, 0.2) is 0 Å². The van der Waals surface area contributed by atoms with Gasteiger partial charge in [0.25, 0.3) is 0 Å². The maximum absolute atomic E-state index is 10.6. The zero-order valence-corrected chi connectivity index (χ0v) is 9.52. The average Bonchev–Trinajstić information content (AvgIpc) is 2.16. The van der Waals surface area contributed by atoms with E-state index in [1.165, 1.54) is 13.8 Å². The summed E-state index contributed by atoms with van der Waals surface area (Å²) in [5.41, 5.74) is 0. The molecule has 90 valence electrons. The normalized spacial score (nSPS) is 11.0. The number of ketones is 1. The number of rotatable bonds is 5. The van der Waals surface area contributed by atoms with Crippen molar-refractivity contribution in [2.45, 2.75) is 39.7 Å². The molecule has 0 aliphatic heterocycles. The Hall–Kier alpha value is -0.940. The highest BCUT2D eigenvalue weighted by Gasteiger charge is 2.02. The lowest BCUT2D eigenvalue weighted by Crippen LogP contribution is -2.05. The molecule has 2 N–H and O–H groups in total. The Bertz CT molecular complexity index is 177. The predicted molar refractivity (Wildman–Crippen MR) is 55.3 cm³/mol. The maximum Gasteiger partial charge on any atom is 0.306 e. The number of hydrogen-bond donors (Lipinski definition) is 2. The van der Waals surface area contributed by atoms with Crippen LogP contribution in [0.25, 0.3) is 0 Å². The van der Waals surface area contributed by atoms with Gasteiger partial charge in [0.05, 0.1) is 25.7 Å². The number of carbonyl (C=O) groups is 2. The molecule has 1 atom stereocenters. The predicted octanol–water partition coefficient (Wildman–Crippen LogP) is 0.278. The van der Waals surface area contributed by atoms with Gasteiger partial charge in [0.1, 0.15) is 5.78 Å². The van der Waals surface area contributed by atoms with Gasteiger partial charge >= 0.3 is 5.97 Å². The van der Waals surface area contributed by atoms with Gasteiger partial charge in [-0.3, -0.25) is 4.79 Å². The first-order valence-corrected chi connectivity index (χ1v) is 4.88. The van der Waals surface area contributed by atoms with Crippen molar-refractivity contribution in [2.75, 3.05) is 13.2 Å². The van der Waals surface area contributed by atoms with Gasteiger partial charge in [-0.25, -0.2) is 0 Å². The minimum atomic E-state index is -0.560. The first-order valence-electron chi connectivity index (χ1n) is 4.88. The Morgan fingerprint density at radius 3 is 2.07 bits per heavy atom. The minimum Gasteiger partial charge on any atom is -0.466 e. The van der Waals surface area contributed by atoms with Crippen molar-refractivity contribution in [1.82, 2.24) is 0 Å². The van der Waals surface area contributed by atoms with E-state index < -0.39 is 6.10 Å². The van der Waals surface area contributed by atoms with Crippen molar-refractivity contribution in [1.29, 1.82) is 0 Å². The van der Waals surface area contributed by atoms with Crippen LogP contribution in [0.3, 0.4) is 0 Å². The quantitative estimate of drug-likeness (QED) is 0.650. The SMILES string of the molecule is CC(O)CO.CCOC(=O)CCC(C)=O. The molecule has 1 unspecified atom stereocenters. The summed E-state index contributed by atoms with van der Waals surface area (Å²) in [4.78, 5) is 20.9. The summed E-state index contributed by atoms with van der Waals surface area (Å²) in [6, 6.07) is 0. The first-order chi connectivity index (χ1) is 6.93. The molecular formula is C10H20O5. The number of hydrogen-bond acceptors (Lipinski definition) is 5. The Balaban J connectivity index is 0. The molecule has 0 aromatic carbocycles. The number of carbonyl (C=O) groups excluding carboxylic acids is 2. The van der Waals surface area contributed by atoms with Crippen LogP contribution in [0.5, 0.6) is 0 Å². The van der Waals surface area contributed by atoms with Gasteiger partial charge in [-0.05, 0) is 20.8 Å². The fourth-order valence-corrected chi connectivity index (χ4v) is 0.511. The molecule has 0 bridgehead atoms. The lowest BCUT2D eigenvalue weighted by molar-refractivity contribution is -0.144. The molecule has 15 heavy (non-hydrogen) atoms.